The molecule has 0 fully saturated rings. The molecule has 1 aromatic heterocycles. The minimum atomic E-state index is -0.425. The second-order valence-electron chi connectivity index (χ2n) is 6.61. The van der Waals surface area contributed by atoms with Crippen molar-refractivity contribution in [3.8, 4) is 5.75 Å². The van der Waals surface area contributed by atoms with Crippen molar-refractivity contribution < 1.29 is 19.2 Å². The molecule has 0 aliphatic rings. The summed E-state index contributed by atoms with van der Waals surface area (Å²) in [5.74, 6) is 0.211. The van der Waals surface area contributed by atoms with E-state index in [2.05, 4.69) is 15.5 Å². The van der Waals surface area contributed by atoms with E-state index in [1.54, 1.807) is 60.9 Å². The number of oxime groups is 1. The Morgan fingerprint density at radius 1 is 1.06 bits per heavy atom. The van der Waals surface area contributed by atoms with Crippen LogP contribution in [0.2, 0.25) is 0 Å². The number of ether oxygens (including phenoxy) is 1. The van der Waals surface area contributed by atoms with Crippen LogP contribution in [0.5, 0.6) is 5.75 Å². The lowest BCUT2D eigenvalue weighted by atomic mass is 10.1. The van der Waals surface area contributed by atoms with E-state index >= 15 is 0 Å². The van der Waals surface area contributed by atoms with E-state index in [4.69, 9.17) is 15.3 Å². The molecule has 1 heterocycles. The van der Waals surface area contributed by atoms with E-state index in [1.165, 1.54) is 6.92 Å². The zero-order valence-electron chi connectivity index (χ0n) is 16.9. The van der Waals surface area contributed by atoms with Crippen molar-refractivity contribution in [2.24, 2.45) is 10.9 Å². The Bertz CT molecular complexity index is 1080. The molecule has 158 valence electrons. The van der Waals surface area contributed by atoms with E-state index in [0.717, 1.165) is 5.56 Å². The van der Waals surface area contributed by atoms with Crippen LogP contribution < -0.4 is 15.8 Å². The molecular formula is C23H22N4O4. The average Bonchev–Trinajstić information content (AvgIpc) is 2.78. The number of nitrogens with two attached hydrogens (primary N) is 1. The van der Waals surface area contributed by atoms with Crippen LogP contribution in [-0.4, -0.2) is 29.1 Å². The summed E-state index contributed by atoms with van der Waals surface area (Å²) in [7, 11) is 0. The van der Waals surface area contributed by atoms with Crippen molar-refractivity contribution in [2.45, 2.75) is 13.5 Å². The average molecular weight is 418 g/mol. The van der Waals surface area contributed by atoms with Crippen LogP contribution in [0, 0.1) is 0 Å². The van der Waals surface area contributed by atoms with Crippen LogP contribution in [0.1, 0.15) is 28.4 Å². The van der Waals surface area contributed by atoms with Gasteiger partial charge in [-0.3, -0.25) is 14.6 Å². The first kappa shape index (κ1) is 21.5. The third kappa shape index (κ3) is 6.67. The number of carbonyl (C=O) groups is 2. The smallest absolute Gasteiger partial charge is 0.265 e. The summed E-state index contributed by atoms with van der Waals surface area (Å²) in [4.78, 5) is 32.6. The normalized spacial score (nSPS) is 10.9. The topological polar surface area (TPSA) is 116 Å². The Morgan fingerprint density at radius 3 is 2.65 bits per heavy atom. The highest BCUT2D eigenvalue weighted by Gasteiger charge is 2.07. The number of amides is 1. The SMILES string of the molecule is CC(=O)c1cccc(NC(=O)CO/N=C(/N)c2cccc(OCc3cccnc3)c2)c1. The number of amidine groups is 1. The van der Waals surface area contributed by atoms with Crippen LogP contribution in [0.3, 0.4) is 0 Å². The Labute approximate surface area is 179 Å². The number of carbonyl (C=O) groups excluding carboxylic acids is 2. The fraction of sp³-hybridized carbons (Fsp3) is 0.130. The van der Waals surface area contributed by atoms with E-state index in [-0.39, 0.29) is 18.2 Å². The highest BCUT2D eigenvalue weighted by atomic mass is 16.6. The van der Waals surface area contributed by atoms with Crippen molar-refractivity contribution >= 4 is 23.2 Å². The minimum absolute atomic E-state index is 0.0867. The molecule has 3 aromatic rings. The minimum Gasteiger partial charge on any atom is -0.489 e. The third-order valence-electron chi connectivity index (χ3n) is 4.17. The molecule has 3 rings (SSSR count). The van der Waals surface area contributed by atoms with Gasteiger partial charge in [0, 0.05) is 34.8 Å². The molecule has 0 aliphatic carbocycles. The van der Waals surface area contributed by atoms with E-state index in [1.807, 2.05) is 12.1 Å². The molecular weight excluding hydrogens is 396 g/mol. The maximum absolute atomic E-state index is 12.0. The lowest BCUT2D eigenvalue weighted by Crippen LogP contribution is -2.19. The molecule has 2 aromatic carbocycles. The Hall–Kier alpha value is -4.20. The van der Waals surface area contributed by atoms with E-state index in [9.17, 15) is 9.59 Å². The second kappa shape index (κ2) is 10.5. The van der Waals surface area contributed by atoms with Crippen LogP contribution in [0.25, 0.3) is 0 Å². The number of nitrogens with one attached hydrogen (secondary N) is 1. The van der Waals surface area contributed by atoms with Crippen molar-refractivity contribution in [1.82, 2.24) is 4.98 Å². The van der Waals surface area contributed by atoms with Crippen molar-refractivity contribution in [2.75, 3.05) is 11.9 Å². The summed E-state index contributed by atoms with van der Waals surface area (Å²) in [5.41, 5.74) is 8.49. The van der Waals surface area contributed by atoms with Gasteiger partial charge in [-0.05, 0) is 37.3 Å². The number of benzene rings is 2. The monoisotopic (exact) mass is 418 g/mol. The molecule has 0 spiro atoms. The van der Waals surface area contributed by atoms with Gasteiger partial charge in [0.2, 0.25) is 0 Å². The molecule has 1 amide bonds. The number of hydrogen-bond donors (Lipinski definition) is 2. The first-order chi connectivity index (χ1) is 15.0. The van der Waals surface area contributed by atoms with Gasteiger partial charge in [-0.2, -0.15) is 0 Å². The van der Waals surface area contributed by atoms with Crippen LogP contribution in [-0.2, 0) is 16.2 Å². The molecule has 3 N–H and O–H groups in total. The van der Waals surface area contributed by atoms with Crippen LogP contribution >= 0.6 is 0 Å². The Kier molecular flexibility index (Phi) is 7.31. The first-order valence-electron chi connectivity index (χ1n) is 9.49. The van der Waals surface area contributed by atoms with Crippen molar-refractivity contribution in [3.63, 3.8) is 0 Å². The molecule has 8 nitrogen and oxygen atoms in total. The highest BCUT2D eigenvalue weighted by Crippen LogP contribution is 2.15. The number of Topliss-reactive ketones (excluding diaryl/α,β-unsaturated/α-hetero) is 1. The first-order valence-corrected chi connectivity index (χ1v) is 9.49. The van der Waals surface area contributed by atoms with Crippen LogP contribution in [0.15, 0.2) is 78.2 Å². The predicted octanol–water partition coefficient (Wildman–Crippen LogP) is 3.14. The van der Waals surface area contributed by atoms with Gasteiger partial charge in [0.15, 0.2) is 18.2 Å². The van der Waals surface area contributed by atoms with Gasteiger partial charge < -0.3 is 20.6 Å². The molecule has 0 atom stereocenters. The molecule has 0 saturated heterocycles. The fourth-order valence-electron chi connectivity index (χ4n) is 2.62. The standard InChI is InChI=1S/C23H22N4O4/c1-16(28)18-6-2-8-20(11-18)26-22(29)15-31-27-23(24)19-7-3-9-21(12-19)30-14-17-5-4-10-25-13-17/h2-13H,14-15H2,1H3,(H2,24,27)(H,26,29). The predicted molar refractivity (Wildman–Crippen MR) is 117 cm³/mol. The summed E-state index contributed by atoms with van der Waals surface area (Å²) >= 11 is 0. The molecule has 0 saturated carbocycles. The summed E-state index contributed by atoms with van der Waals surface area (Å²) < 4.78 is 5.74. The molecule has 8 heteroatoms. The number of nitrogens with zero attached hydrogens (tertiary/aromatic N) is 2. The number of ketones is 1. The summed E-state index contributed by atoms with van der Waals surface area (Å²) in [5, 5.41) is 6.44. The number of rotatable bonds is 9. The maximum atomic E-state index is 12.0. The maximum Gasteiger partial charge on any atom is 0.265 e. The number of aromatic nitrogens is 1. The second-order valence-corrected chi connectivity index (χ2v) is 6.61. The highest BCUT2D eigenvalue weighted by molar-refractivity contribution is 5.98. The summed E-state index contributed by atoms with van der Waals surface area (Å²) in [6.45, 7) is 1.50. The largest absolute Gasteiger partial charge is 0.489 e. The van der Waals surface area contributed by atoms with Gasteiger partial charge in [0.05, 0.1) is 0 Å². The quantitative estimate of drug-likeness (QED) is 0.239. The van der Waals surface area contributed by atoms with E-state index < -0.39 is 5.91 Å². The van der Waals surface area contributed by atoms with Crippen molar-refractivity contribution in [1.29, 1.82) is 0 Å². The Balaban J connectivity index is 1.52. The summed E-state index contributed by atoms with van der Waals surface area (Å²) in [6.07, 6.45) is 3.43. The van der Waals surface area contributed by atoms with Gasteiger partial charge >= 0.3 is 0 Å². The lowest BCUT2D eigenvalue weighted by molar-refractivity contribution is -0.120. The van der Waals surface area contributed by atoms with Gasteiger partial charge in [0.25, 0.3) is 5.91 Å². The van der Waals surface area contributed by atoms with Gasteiger partial charge in [-0.25, -0.2) is 0 Å². The molecule has 0 unspecified atom stereocenters. The van der Waals surface area contributed by atoms with Gasteiger partial charge in [-0.15, -0.1) is 0 Å². The summed E-state index contributed by atoms with van der Waals surface area (Å²) in [6, 6.07) is 17.5. The van der Waals surface area contributed by atoms with Gasteiger partial charge in [0.1, 0.15) is 12.4 Å². The zero-order chi connectivity index (χ0) is 22.1. The lowest BCUT2D eigenvalue weighted by Gasteiger charge is -2.08. The molecule has 0 aliphatic heterocycles. The Morgan fingerprint density at radius 2 is 1.87 bits per heavy atom. The number of hydrogen-bond acceptors (Lipinski definition) is 6. The van der Waals surface area contributed by atoms with Gasteiger partial charge in [-0.1, -0.05) is 35.5 Å². The number of pyridine rings is 1. The molecule has 0 radical (unpaired) electrons. The zero-order valence-corrected chi connectivity index (χ0v) is 16.9. The number of anilines is 1. The molecule has 0 bridgehead atoms. The fourth-order valence-corrected chi connectivity index (χ4v) is 2.62. The van der Waals surface area contributed by atoms with Crippen molar-refractivity contribution in [3.05, 3.63) is 89.7 Å². The van der Waals surface area contributed by atoms with Crippen LogP contribution in [0.4, 0.5) is 5.69 Å². The van der Waals surface area contributed by atoms with E-state index in [0.29, 0.717) is 29.2 Å². The third-order valence-corrected chi connectivity index (χ3v) is 4.17. The molecule has 31 heavy (non-hydrogen) atoms.